The fourth-order valence-electron chi connectivity index (χ4n) is 2.20. The third kappa shape index (κ3) is 2.49. The van der Waals surface area contributed by atoms with E-state index in [1.165, 1.54) is 0 Å². The minimum atomic E-state index is -0.543. The monoisotopic (exact) mass is 278 g/mol. The maximum atomic E-state index is 11.3. The lowest BCUT2D eigenvalue weighted by molar-refractivity contribution is 0.100. The van der Waals surface area contributed by atoms with E-state index >= 15 is 0 Å². The van der Waals surface area contributed by atoms with Crippen LogP contribution in [0.25, 0.3) is 10.9 Å². The van der Waals surface area contributed by atoms with Gasteiger partial charge in [0.25, 0.3) is 5.91 Å². The van der Waals surface area contributed by atoms with Crippen molar-refractivity contribution < 1.29 is 4.79 Å². The third-order valence-corrected chi connectivity index (χ3v) is 3.25. The first-order valence-corrected chi connectivity index (χ1v) is 6.45. The van der Waals surface area contributed by atoms with Crippen molar-refractivity contribution in [2.45, 2.75) is 0 Å². The van der Waals surface area contributed by atoms with Crippen LogP contribution in [-0.4, -0.2) is 10.9 Å². The number of pyridine rings is 1. The van der Waals surface area contributed by atoms with Gasteiger partial charge in [-0.25, -0.2) is 0 Å². The minimum Gasteiger partial charge on any atom is -0.396 e. The summed E-state index contributed by atoms with van der Waals surface area (Å²) in [6.07, 6.45) is 1.75. The van der Waals surface area contributed by atoms with Crippen LogP contribution in [-0.2, 0) is 0 Å². The highest BCUT2D eigenvalue weighted by Crippen LogP contribution is 2.27. The van der Waals surface area contributed by atoms with Gasteiger partial charge in [-0.05, 0) is 36.4 Å². The van der Waals surface area contributed by atoms with Crippen molar-refractivity contribution in [2.75, 3.05) is 11.1 Å². The summed E-state index contributed by atoms with van der Waals surface area (Å²) in [5.74, 6) is -0.543. The molecule has 0 unspecified atom stereocenters. The highest BCUT2D eigenvalue weighted by Gasteiger charge is 2.09. The number of nitrogens with zero attached hydrogens (tertiary/aromatic N) is 1. The fraction of sp³-hybridized carbons (Fsp3) is 0. The Bertz CT molecular complexity index is 829. The zero-order chi connectivity index (χ0) is 14.8. The molecule has 5 heteroatoms. The number of rotatable bonds is 3. The normalized spacial score (nSPS) is 10.5. The number of hydrogen-bond acceptors (Lipinski definition) is 4. The first-order chi connectivity index (χ1) is 10.1. The molecule has 0 fully saturated rings. The Kier molecular flexibility index (Phi) is 3.16. The van der Waals surface area contributed by atoms with Crippen molar-refractivity contribution >= 4 is 33.9 Å². The van der Waals surface area contributed by atoms with Crippen LogP contribution >= 0.6 is 0 Å². The van der Waals surface area contributed by atoms with Crippen molar-refractivity contribution in [1.82, 2.24) is 4.98 Å². The molecule has 21 heavy (non-hydrogen) atoms. The first-order valence-electron chi connectivity index (χ1n) is 6.45. The number of nitrogens with one attached hydrogen (secondary N) is 1. The number of nitrogen functional groups attached to an aromatic ring is 1. The molecule has 1 aromatic heterocycles. The number of benzene rings is 2. The Morgan fingerprint density at radius 1 is 1.10 bits per heavy atom. The van der Waals surface area contributed by atoms with E-state index in [9.17, 15) is 4.79 Å². The van der Waals surface area contributed by atoms with Crippen LogP contribution in [0.1, 0.15) is 10.4 Å². The summed E-state index contributed by atoms with van der Waals surface area (Å²) in [6, 6.07) is 14.8. The molecule has 0 aliphatic rings. The Hall–Kier alpha value is -3.08. The average molecular weight is 278 g/mol. The van der Waals surface area contributed by atoms with Crippen molar-refractivity contribution in [3.63, 3.8) is 0 Å². The Balaban J connectivity index is 1.98. The van der Waals surface area contributed by atoms with E-state index < -0.39 is 5.91 Å². The van der Waals surface area contributed by atoms with Crippen LogP contribution in [0.3, 0.4) is 0 Å². The number of aromatic nitrogens is 1. The smallest absolute Gasteiger partial charge is 0.250 e. The van der Waals surface area contributed by atoms with Gasteiger partial charge in [-0.2, -0.15) is 0 Å². The second kappa shape index (κ2) is 5.13. The van der Waals surface area contributed by atoms with Gasteiger partial charge in [0.15, 0.2) is 0 Å². The van der Waals surface area contributed by atoms with Gasteiger partial charge in [0.2, 0.25) is 0 Å². The van der Waals surface area contributed by atoms with Gasteiger partial charge in [0, 0.05) is 17.3 Å². The van der Waals surface area contributed by atoms with E-state index in [2.05, 4.69) is 10.3 Å². The molecule has 5 nitrogen and oxygen atoms in total. The predicted octanol–water partition coefficient (Wildman–Crippen LogP) is 2.66. The number of primary amides is 1. The predicted molar refractivity (Wildman–Crippen MR) is 84.4 cm³/mol. The van der Waals surface area contributed by atoms with E-state index in [0.29, 0.717) is 16.9 Å². The van der Waals surface area contributed by atoms with Crippen LogP contribution in [0.2, 0.25) is 0 Å². The molecule has 3 aromatic rings. The molecule has 0 spiro atoms. The van der Waals surface area contributed by atoms with Gasteiger partial charge in [-0.3, -0.25) is 9.78 Å². The molecule has 0 saturated heterocycles. The number of carbonyl (C=O) groups excluding carboxylic acids is 1. The second-order valence-electron chi connectivity index (χ2n) is 4.67. The number of hydrogen-bond donors (Lipinski definition) is 3. The molecular formula is C16H14N4O. The molecule has 0 bridgehead atoms. The van der Waals surface area contributed by atoms with Gasteiger partial charge in [0.1, 0.15) is 0 Å². The van der Waals surface area contributed by atoms with Crippen molar-refractivity contribution in [3.8, 4) is 0 Å². The molecule has 0 radical (unpaired) electrons. The zero-order valence-electron chi connectivity index (χ0n) is 11.2. The maximum absolute atomic E-state index is 11.3. The van der Waals surface area contributed by atoms with E-state index in [4.69, 9.17) is 11.5 Å². The molecule has 5 N–H and O–H groups in total. The molecule has 1 heterocycles. The van der Waals surface area contributed by atoms with Gasteiger partial charge in [0.05, 0.1) is 22.5 Å². The Morgan fingerprint density at radius 2 is 1.95 bits per heavy atom. The zero-order valence-corrected chi connectivity index (χ0v) is 11.2. The highest BCUT2D eigenvalue weighted by molar-refractivity contribution is 6.01. The molecule has 104 valence electrons. The summed E-state index contributed by atoms with van der Waals surface area (Å²) >= 11 is 0. The fourth-order valence-corrected chi connectivity index (χ4v) is 2.20. The van der Waals surface area contributed by atoms with E-state index in [0.717, 1.165) is 16.6 Å². The number of anilines is 3. The van der Waals surface area contributed by atoms with E-state index in [-0.39, 0.29) is 0 Å². The van der Waals surface area contributed by atoms with Gasteiger partial charge < -0.3 is 16.8 Å². The van der Waals surface area contributed by atoms with Crippen molar-refractivity contribution in [2.24, 2.45) is 5.73 Å². The molecule has 0 atom stereocenters. The lowest BCUT2D eigenvalue weighted by Crippen LogP contribution is -2.14. The molecule has 0 saturated carbocycles. The quantitative estimate of drug-likeness (QED) is 0.642. The van der Waals surface area contributed by atoms with Crippen LogP contribution in [0.15, 0.2) is 54.7 Å². The number of para-hydroxylation sites is 1. The van der Waals surface area contributed by atoms with E-state index in [1.54, 1.807) is 24.4 Å². The van der Waals surface area contributed by atoms with Crippen LogP contribution in [0, 0.1) is 0 Å². The first kappa shape index (κ1) is 12.9. The summed E-state index contributed by atoms with van der Waals surface area (Å²) in [4.78, 5) is 15.6. The number of nitrogens with two attached hydrogens (primary N) is 2. The maximum Gasteiger partial charge on any atom is 0.250 e. The second-order valence-corrected chi connectivity index (χ2v) is 4.67. The summed E-state index contributed by atoms with van der Waals surface area (Å²) < 4.78 is 0. The summed E-state index contributed by atoms with van der Waals surface area (Å²) in [7, 11) is 0. The summed E-state index contributed by atoms with van der Waals surface area (Å²) in [5.41, 5.74) is 14.3. The topological polar surface area (TPSA) is 94.0 Å². The van der Waals surface area contributed by atoms with Gasteiger partial charge in [-0.1, -0.05) is 12.1 Å². The molecule has 1 amide bonds. The number of amides is 1. The minimum absolute atomic E-state index is 0.308. The van der Waals surface area contributed by atoms with E-state index in [1.807, 2.05) is 30.3 Å². The van der Waals surface area contributed by atoms with Crippen LogP contribution < -0.4 is 16.8 Å². The summed E-state index contributed by atoms with van der Waals surface area (Å²) in [6.45, 7) is 0. The van der Waals surface area contributed by atoms with Gasteiger partial charge >= 0.3 is 0 Å². The molecule has 3 rings (SSSR count). The lowest BCUT2D eigenvalue weighted by atomic mass is 10.1. The van der Waals surface area contributed by atoms with Gasteiger partial charge in [-0.15, -0.1) is 0 Å². The SMILES string of the molecule is NC(=O)c1cccc(Nc2ccc3ncccc3c2)c1N. The highest BCUT2D eigenvalue weighted by atomic mass is 16.1. The molecule has 0 aliphatic carbocycles. The summed E-state index contributed by atoms with van der Waals surface area (Å²) in [5, 5.41) is 4.22. The number of carbonyl (C=O) groups is 1. The largest absolute Gasteiger partial charge is 0.396 e. The number of fused-ring (bicyclic) bond motifs is 1. The third-order valence-electron chi connectivity index (χ3n) is 3.25. The Labute approximate surface area is 121 Å². The van der Waals surface area contributed by atoms with Crippen molar-refractivity contribution in [1.29, 1.82) is 0 Å². The van der Waals surface area contributed by atoms with Crippen molar-refractivity contribution in [3.05, 3.63) is 60.3 Å². The van der Waals surface area contributed by atoms with Crippen LogP contribution in [0.5, 0.6) is 0 Å². The molecular weight excluding hydrogens is 264 g/mol. The lowest BCUT2D eigenvalue weighted by Gasteiger charge is -2.12. The standard InChI is InChI=1S/C16H14N4O/c17-15-12(16(18)21)4-1-5-14(15)20-11-6-7-13-10(9-11)3-2-8-19-13/h1-9,20H,17H2,(H2,18,21). The molecule has 0 aliphatic heterocycles. The van der Waals surface area contributed by atoms with Crippen LogP contribution in [0.4, 0.5) is 17.1 Å². The Morgan fingerprint density at radius 3 is 2.76 bits per heavy atom. The average Bonchev–Trinajstić information content (AvgIpc) is 2.49. The molecule has 2 aromatic carbocycles.